The molecule has 0 fully saturated rings. The Morgan fingerprint density at radius 2 is 1.81 bits per heavy atom. The van der Waals surface area contributed by atoms with E-state index in [2.05, 4.69) is 6.92 Å². The second-order valence-electron chi connectivity index (χ2n) is 5.12. The van der Waals surface area contributed by atoms with Crippen molar-refractivity contribution in [1.29, 1.82) is 0 Å². The van der Waals surface area contributed by atoms with Gasteiger partial charge in [0.15, 0.2) is 0 Å². The lowest BCUT2D eigenvalue weighted by atomic mass is 9.86. The molecule has 0 aromatic heterocycles. The minimum Gasteiger partial charge on any atom is -0.342 e. The molecule has 0 aliphatic carbocycles. The Morgan fingerprint density at radius 3 is 2.12 bits per heavy atom. The maximum Gasteiger partial charge on any atom is 0.240 e. The van der Waals surface area contributed by atoms with Crippen LogP contribution in [-0.2, 0) is 4.79 Å². The zero-order valence-corrected chi connectivity index (χ0v) is 12.1. The van der Waals surface area contributed by atoms with E-state index in [0.29, 0.717) is 0 Å². The average molecular weight is 251 g/mol. The molecule has 0 rings (SSSR count). The second kappa shape index (κ2) is 7.91. The summed E-state index contributed by atoms with van der Waals surface area (Å²) in [5, 5.41) is 0. The summed E-state index contributed by atoms with van der Waals surface area (Å²) < 4.78 is 0. The van der Waals surface area contributed by atoms with Gasteiger partial charge in [-0.15, -0.1) is 12.4 Å². The van der Waals surface area contributed by atoms with Crippen LogP contribution in [0.15, 0.2) is 0 Å². The fourth-order valence-electron chi connectivity index (χ4n) is 1.34. The quantitative estimate of drug-likeness (QED) is 0.815. The maximum atomic E-state index is 12.0. The van der Waals surface area contributed by atoms with Gasteiger partial charge >= 0.3 is 0 Å². The summed E-state index contributed by atoms with van der Waals surface area (Å²) in [7, 11) is 0. The van der Waals surface area contributed by atoms with E-state index in [1.807, 2.05) is 32.6 Å². The molecule has 16 heavy (non-hydrogen) atoms. The largest absolute Gasteiger partial charge is 0.342 e. The van der Waals surface area contributed by atoms with Gasteiger partial charge < -0.3 is 10.6 Å². The highest BCUT2D eigenvalue weighted by Gasteiger charge is 2.30. The van der Waals surface area contributed by atoms with Crippen LogP contribution in [0.25, 0.3) is 0 Å². The van der Waals surface area contributed by atoms with Crippen molar-refractivity contribution in [2.24, 2.45) is 11.1 Å². The maximum absolute atomic E-state index is 12.0. The number of hydrogen-bond donors (Lipinski definition) is 1. The molecule has 98 valence electrons. The van der Waals surface area contributed by atoms with E-state index in [1.54, 1.807) is 0 Å². The summed E-state index contributed by atoms with van der Waals surface area (Å²) in [6, 6.07) is -0.394. The van der Waals surface area contributed by atoms with Gasteiger partial charge in [-0.3, -0.25) is 4.79 Å². The van der Waals surface area contributed by atoms with E-state index in [-0.39, 0.29) is 23.7 Å². The van der Waals surface area contributed by atoms with Gasteiger partial charge in [-0.1, -0.05) is 34.1 Å². The Kier molecular flexibility index (Phi) is 8.94. The topological polar surface area (TPSA) is 46.3 Å². The van der Waals surface area contributed by atoms with Crippen molar-refractivity contribution in [2.75, 3.05) is 13.1 Å². The molecule has 1 atom stereocenters. The van der Waals surface area contributed by atoms with Gasteiger partial charge in [0.1, 0.15) is 0 Å². The van der Waals surface area contributed by atoms with E-state index in [9.17, 15) is 4.79 Å². The van der Waals surface area contributed by atoms with Crippen LogP contribution in [0.4, 0.5) is 0 Å². The van der Waals surface area contributed by atoms with Gasteiger partial charge in [-0.25, -0.2) is 0 Å². The van der Waals surface area contributed by atoms with Gasteiger partial charge in [0.25, 0.3) is 0 Å². The molecular formula is C12H27ClN2O. The van der Waals surface area contributed by atoms with Crippen LogP contribution < -0.4 is 5.73 Å². The number of likely N-dealkylation sites (N-methyl/N-ethyl adjacent to an activating group) is 1. The molecule has 0 aliphatic rings. The highest BCUT2D eigenvalue weighted by molar-refractivity contribution is 5.85. The van der Waals surface area contributed by atoms with Gasteiger partial charge in [0, 0.05) is 13.1 Å². The van der Waals surface area contributed by atoms with Crippen molar-refractivity contribution in [1.82, 2.24) is 4.90 Å². The predicted octanol–water partition coefficient (Wildman–Crippen LogP) is 2.43. The van der Waals surface area contributed by atoms with E-state index in [4.69, 9.17) is 5.73 Å². The first-order chi connectivity index (χ1) is 6.84. The lowest BCUT2D eigenvalue weighted by Crippen LogP contribution is -2.50. The van der Waals surface area contributed by atoms with E-state index in [1.165, 1.54) is 0 Å². The van der Waals surface area contributed by atoms with Crippen molar-refractivity contribution in [3.63, 3.8) is 0 Å². The molecular weight excluding hydrogens is 224 g/mol. The van der Waals surface area contributed by atoms with Crippen molar-refractivity contribution in [3.05, 3.63) is 0 Å². The second-order valence-corrected chi connectivity index (χ2v) is 5.12. The molecule has 0 saturated carbocycles. The number of carbonyl (C=O) groups is 1. The molecule has 1 unspecified atom stereocenters. The first-order valence-corrected chi connectivity index (χ1v) is 5.89. The Hall–Kier alpha value is -0.280. The van der Waals surface area contributed by atoms with E-state index in [0.717, 1.165) is 25.9 Å². The molecule has 0 saturated heterocycles. The number of amides is 1. The summed E-state index contributed by atoms with van der Waals surface area (Å²) in [6.07, 6.45) is 2.16. The van der Waals surface area contributed by atoms with Gasteiger partial charge in [0.05, 0.1) is 6.04 Å². The average Bonchev–Trinajstić information content (AvgIpc) is 2.16. The first-order valence-electron chi connectivity index (χ1n) is 5.89. The monoisotopic (exact) mass is 250 g/mol. The molecule has 1 amide bonds. The lowest BCUT2D eigenvalue weighted by Gasteiger charge is -2.31. The smallest absolute Gasteiger partial charge is 0.240 e. The molecule has 2 N–H and O–H groups in total. The van der Waals surface area contributed by atoms with Crippen LogP contribution in [0.2, 0.25) is 0 Å². The summed E-state index contributed by atoms with van der Waals surface area (Å²) >= 11 is 0. The highest BCUT2D eigenvalue weighted by atomic mass is 35.5. The van der Waals surface area contributed by atoms with E-state index < -0.39 is 6.04 Å². The van der Waals surface area contributed by atoms with Gasteiger partial charge in [-0.05, 0) is 18.8 Å². The molecule has 0 aromatic carbocycles. The molecule has 0 heterocycles. The molecule has 0 spiro atoms. The number of hydrogen-bond acceptors (Lipinski definition) is 2. The van der Waals surface area contributed by atoms with Crippen LogP contribution in [0.5, 0.6) is 0 Å². The molecule has 3 nitrogen and oxygen atoms in total. The highest BCUT2D eigenvalue weighted by Crippen LogP contribution is 2.19. The van der Waals surface area contributed by atoms with Crippen LogP contribution >= 0.6 is 12.4 Å². The summed E-state index contributed by atoms with van der Waals surface area (Å²) in [4.78, 5) is 13.9. The van der Waals surface area contributed by atoms with Crippen LogP contribution in [0.3, 0.4) is 0 Å². The predicted molar refractivity (Wildman–Crippen MR) is 71.8 cm³/mol. The molecule has 0 aliphatic heterocycles. The molecule has 4 heteroatoms. The number of carbonyl (C=O) groups excluding carboxylic acids is 1. The molecule has 0 radical (unpaired) electrons. The number of nitrogens with zero attached hydrogens (tertiary/aromatic N) is 1. The third-order valence-electron chi connectivity index (χ3n) is 2.67. The fraction of sp³-hybridized carbons (Fsp3) is 0.917. The Labute approximate surface area is 106 Å². The standard InChI is InChI=1S/C12H26N2O.ClH/c1-6-8-9-14(7-2)11(15)10(13)12(3,4)5;/h10H,6-9,13H2,1-5H3;1H. The Bertz CT molecular complexity index is 202. The van der Waals surface area contributed by atoms with Crippen molar-refractivity contribution in [2.45, 2.75) is 53.5 Å². The minimum absolute atomic E-state index is 0. The van der Waals surface area contributed by atoms with Crippen molar-refractivity contribution in [3.8, 4) is 0 Å². The Balaban J connectivity index is 0. The first kappa shape index (κ1) is 18.1. The fourth-order valence-corrected chi connectivity index (χ4v) is 1.34. The van der Waals surface area contributed by atoms with Gasteiger partial charge in [-0.2, -0.15) is 0 Å². The Morgan fingerprint density at radius 1 is 1.31 bits per heavy atom. The van der Waals surface area contributed by atoms with Crippen molar-refractivity contribution < 1.29 is 4.79 Å². The zero-order chi connectivity index (χ0) is 12.1. The summed E-state index contributed by atoms with van der Waals surface area (Å²) in [5.41, 5.74) is 5.80. The van der Waals surface area contributed by atoms with Crippen LogP contribution in [0, 0.1) is 5.41 Å². The third-order valence-corrected chi connectivity index (χ3v) is 2.67. The number of nitrogens with two attached hydrogens (primary N) is 1. The summed E-state index contributed by atoms with van der Waals surface area (Å²) in [6.45, 7) is 11.7. The molecule has 0 bridgehead atoms. The van der Waals surface area contributed by atoms with Gasteiger partial charge in [0.2, 0.25) is 5.91 Å². The number of rotatable bonds is 5. The minimum atomic E-state index is -0.394. The SMILES string of the molecule is CCCCN(CC)C(=O)C(N)C(C)(C)C.Cl. The van der Waals surface area contributed by atoms with E-state index >= 15 is 0 Å². The normalized spacial score (nSPS) is 12.9. The van der Waals surface area contributed by atoms with Crippen LogP contribution in [0.1, 0.15) is 47.5 Å². The summed E-state index contributed by atoms with van der Waals surface area (Å²) in [5.74, 6) is 0.0819. The van der Waals surface area contributed by atoms with Crippen molar-refractivity contribution >= 4 is 18.3 Å². The number of halogens is 1. The third kappa shape index (κ3) is 5.71. The van der Waals surface area contributed by atoms with Crippen LogP contribution in [-0.4, -0.2) is 29.9 Å². The lowest BCUT2D eigenvalue weighted by molar-refractivity contribution is -0.134. The number of unbranched alkanes of at least 4 members (excludes halogenated alkanes) is 1. The zero-order valence-electron chi connectivity index (χ0n) is 11.2. The molecule has 0 aromatic rings.